The number of rotatable bonds is 5. The van der Waals surface area contributed by atoms with Gasteiger partial charge in [-0.15, -0.1) is 0 Å². The van der Waals surface area contributed by atoms with Crippen LogP contribution in [0.25, 0.3) is 0 Å². The molecule has 2 rings (SSSR count). The normalized spacial score (nSPS) is 21.1. The van der Waals surface area contributed by atoms with E-state index in [1.807, 2.05) is 0 Å². The highest BCUT2D eigenvalue weighted by molar-refractivity contribution is 5.34. The van der Waals surface area contributed by atoms with Crippen molar-refractivity contribution in [2.75, 3.05) is 6.61 Å². The average Bonchev–Trinajstić information content (AvgIpc) is 2.91. The van der Waals surface area contributed by atoms with E-state index in [9.17, 15) is 0 Å². The molecule has 0 saturated carbocycles. The summed E-state index contributed by atoms with van der Waals surface area (Å²) in [5.41, 5.74) is 9.28. The van der Waals surface area contributed by atoms with E-state index in [4.69, 9.17) is 10.5 Å². The molecule has 0 spiro atoms. The van der Waals surface area contributed by atoms with E-state index in [-0.39, 0.29) is 11.5 Å². The second kappa shape index (κ2) is 6.73. The summed E-state index contributed by atoms with van der Waals surface area (Å²) >= 11 is 0. The van der Waals surface area contributed by atoms with Gasteiger partial charge in [0.25, 0.3) is 0 Å². The van der Waals surface area contributed by atoms with Gasteiger partial charge in [0.2, 0.25) is 0 Å². The van der Waals surface area contributed by atoms with Crippen LogP contribution in [0.4, 0.5) is 0 Å². The zero-order chi connectivity index (χ0) is 14.6. The average molecular weight is 275 g/mol. The van der Waals surface area contributed by atoms with Crippen molar-refractivity contribution in [3.63, 3.8) is 0 Å². The lowest BCUT2D eigenvalue weighted by Gasteiger charge is -2.26. The van der Waals surface area contributed by atoms with E-state index in [0.29, 0.717) is 6.10 Å². The Balaban J connectivity index is 1.93. The van der Waals surface area contributed by atoms with Crippen molar-refractivity contribution in [3.8, 4) is 0 Å². The fraction of sp³-hybridized carbons (Fsp3) is 0.667. The maximum Gasteiger partial charge on any atom is 0.0576 e. The van der Waals surface area contributed by atoms with Crippen molar-refractivity contribution >= 4 is 0 Å². The zero-order valence-corrected chi connectivity index (χ0v) is 13.2. The minimum atomic E-state index is 0.145. The van der Waals surface area contributed by atoms with Crippen molar-refractivity contribution in [3.05, 3.63) is 35.4 Å². The summed E-state index contributed by atoms with van der Waals surface area (Å²) < 4.78 is 5.68. The van der Waals surface area contributed by atoms with Crippen LogP contribution < -0.4 is 5.73 Å². The molecule has 1 aliphatic heterocycles. The fourth-order valence-corrected chi connectivity index (χ4v) is 3.10. The molecular weight excluding hydrogens is 246 g/mol. The van der Waals surface area contributed by atoms with E-state index in [1.54, 1.807) is 0 Å². The van der Waals surface area contributed by atoms with Gasteiger partial charge < -0.3 is 10.5 Å². The third-order valence-corrected chi connectivity index (χ3v) is 4.23. The first kappa shape index (κ1) is 15.5. The highest BCUT2D eigenvalue weighted by atomic mass is 16.5. The van der Waals surface area contributed by atoms with Crippen molar-refractivity contribution in [2.24, 2.45) is 5.73 Å². The van der Waals surface area contributed by atoms with Crippen LogP contribution in [0.15, 0.2) is 24.3 Å². The first-order valence-corrected chi connectivity index (χ1v) is 7.95. The SMILES string of the molecule is CC(C)(C)c1ccccc1C(N)CCCC1CCCO1. The number of ether oxygens (including phenoxy) is 1. The molecule has 0 amide bonds. The Kier molecular flexibility index (Phi) is 5.22. The largest absolute Gasteiger partial charge is 0.378 e. The molecule has 20 heavy (non-hydrogen) atoms. The summed E-state index contributed by atoms with van der Waals surface area (Å²) in [5.74, 6) is 0. The molecule has 2 nitrogen and oxygen atoms in total. The fourth-order valence-electron chi connectivity index (χ4n) is 3.10. The molecule has 0 aliphatic carbocycles. The van der Waals surface area contributed by atoms with Crippen LogP contribution in [-0.2, 0) is 10.2 Å². The maximum atomic E-state index is 6.44. The van der Waals surface area contributed by atoms with Crippen molar-refractivity contribution < 1.29 is 4.74 Å². The van der Waals surface area contributed by atoms with Gasteiger partial charge in [-0.2, -0.15) is 0 Å². The van der Waals surface area contributed by atoms with Crippen LogP contribution in [-0.4, -0.2) is 12.7 Å². The van der Waals surface area contributed by atoms with Gasteiger partial charge >= 0.3 is 0 Å². The lowest BCUT2D eigenvalue weighted by atomic mass is 9.81. The Hall–Kier alpha value is -0.860. The molecule has 0 radical (unpaired) electrons. The van der Waals surface area contributed by atoms with E-state index in [1.165, 1.54) is 24.0 Å². The molecule has 1 saturated heterocycles. The van der Waals surface area contributed by atoms with E-state index in [0.717, 1.165) is 25.9 Å². The van der Waals surface area contributed by atoms with Gasteiger partial charge in [-0.25, -0.2) is 0 Å². The maximum absolute atomic E-state index is 6.44. The van der Waals surface area contributed by atoms with Gasteiger partial charge in [-0.3, -0.25) is 0 Å². The molecule has 2 N–H and O–H groups in total. The number of hydrogen-bond acceptors (Lipinski definition) is 2. The first-order valence-electron chi connectivity index (χ1n) is 7.95. The van der Waals surface area contributed by atoms with Gasteiger partial charge in [0.05, 0.1) is 6.10 Å². The molecule has 0 aromatic heterocycles. The summed E-state index contributed by atoms with van der Waals surface area (Å²) in [7, 11) is 0. The molecular formula is C18H29NO. The summed E-state index contributed by atoms with van der Waals surface area (Å²) in [6.07, 6.45) is 6.31. The van der Waals surface area contributed by atoms with Gasteiger partial charge in [0, 0.05) is 12.6 Å². The van der Waals surface area contributed by atoms with Crippen molar-refractivity contribution in [1.29, 1.82) is 0 Å². The van der Waals surface area contributed by atoms with Crippen molar-refractivity contribution in [2.45, 2.75) is 70.4 Å². The Morgan fingerprint density at radius 1 is 1.30 bits per heavy atom. The predicted molar refractivity (Wildman–Crippen MR) is 84.9 cm³/mol. The van der Waals surface area contributed by atoms with Crippen LogP contribution in [0.1, 0.15) is 70.0 Å². The molecule has 2 atom stereocenters. The highest BCUT2D eigenvalue weighted by Gasteiger charge is 2.21. The Morgan fingerprint density at radius 2 is 2.05 bits per heavy atom. The smallest absolute Gasteiger partial charge is 0.0576 e. The zero-order valence-electron chi connectivity index (χ0n) is 13.2. The predicted octanol–water partition coefficient (Wildman–Crippen LogP) is 4.33. The standard InChI is InChI=1S/C18H29NO/c1-18(2,3)16-11-5-4-10-15(16)17(19)12-6-8-14-9-7-13-20-14/h4-5,10-11,14,17H,6-9,12-13,19H2,1-3H3. The van der Waals surface area contributed by atoms with Crippen LogP contribution in [0.2, 0.25) is 0 Å². The third-order valence-electron chi connectivity index (χ3n) is 4.23. The third kappa shape index (κ3) is 4.07. The molecule has 1 aromatic carbocycles. The number of nitrogens with two attached hydrogens (primary N) is 1. The van der Waals surface area contributed by atoms with E-state index >= 15 is 0 Å². The van der Waals surface area contributed by atoms with Crippen LogP contribution in [0.5, 0.6) is 0 Å². The molecule has 2 unspecified atom stereocenters. The van der Waals surface area contributed by atoms with Gasteiger partial charge in [-0.05, 0) is 48.6 Å². The topological polar surface area (TPSA) is 35.2 Å². The number of hydrogen-bond donors (Lipinski definition) is 1. The summed E-state index contributed by atoms with van der Waals surface area (Å²) in [6.45, 7) is 7.71. The highest BCUT2D eigenvalue weighted by Crippen LogP contribution is 2.31. The van der Waals surface area contributed by atoms with Gasteiger partial charge in [0.15, 0.2) is 0 Å². The number of benzene rings is 1. The second-order valence-electron chi connectivity index (χ2n) is 7.01. The van der Waals surface area contributed by atoms with Crippen LogP contribution in [0.3, 0.4) is 0 Å². The quantitative estimate of drug-likeness (QED) is 0.868. The summed E-state index contributed by atoms with van der Waals surface area (Å²) in [5, 5.41) is 0. The lowest BCUT2D eigenvalue weighted by molar-refractivity contribution is 0.101. The molecule has 0 bridgehead atoms. The van der Waals surface area contributed by atoms with Crippen LogP contribution >= 0.6 is 0 Å². The van der Waals surface area contributed by atoms with E-state index < -0.39 is 0 Å². The second-order valence-corrected chi connectivity index (χ2v) is 7.01. The van der Waals surface area contributed by atoms with Crippen LogP contribution in [0, 0.1) is 0 Å². The summed E-state index contributed by atoms with van der Waals surface area (Å²) in [4.78, 5) is 0. The van der Waals surface area contributed by atoms with E-state index in [2.05, 4.69) is 45.0 Å². The van der Waals surface area contributed by atoms with Gasteiger partial charge in [-0.1, -0.05) is 45.0 Å². The molecule has 1 heterocycles. The molecule has 2 heteroatoms. The van der Waals surface area contributed by atoms with Crippen molar-refractivity contribution in [1.82, 2.24) is 0 Å². The molecule has 1 aromatic rings. The molecule has 1 aliphatic rings. The molecule has 1 fully saturated rings. The van der Waals surface area contributed by atoms with Gasteiger partial charge in [0.1, 0.15) is 0 Å². The Labute approximate surface area is 123 Å². The first-order chi connectivity index (χ1) is 9.48. The minimum Gasteiger partial charge on any atom is -0.378 e. The minimum absolute atomic E-state index is 0.145. The monoisotopic (exact) mass is 275 g/mol. The Morgan fingerprint density at radius 3 is 2.70 bits per heavy atom. The molecule has 112 valence electrons. The lowest BCUT2D eigenvalue weighted by Crippen LogP contribution is -2.20. The Bertz CT molecular complexity index is 416. The summed E-state index contributed by atoms with van der Waals surface area (Å²) in [6, 6.07) is 8.77.